The molecule has 0 aliphatic rings. The van der Waals surface area contributed by atoms with E-state index >= 15 is 0 Å². The van der Waals surface area contributed by atoms with E-state index in [0.29, 0.717) is 5.25 Å². The number of rotatable bonds is 5. The predicted molar refractivity (Wildman–Crippen MR) is 62.2 cm³/mol. The summed E-state index contributed by atoms with van der Waals surface area (Å²) in [6.07, 6.45) is 2.50. The number of unbranched alkanes of at least 4 members (excludes halogenated alkanes) is 1. The molecule has 1 unspecified atom stereocenters. The van der Waals surface area contributed by atoms with E-state index in [1.165, 1.54) is 36.3 Å². The summed E-state index contributed by atoms with van der Waals surface area (Å²) in [6.45, 7) is 4.37. The van der Waals surface area contributed by atoms with E-state index in [-0.39, 0.29) is 5.82 Å². The van der Waals surface area contributed by atoms with Crippen molar-refractivity contribution in [2.45, 2.75) is 31.9 Å². The van der Waals surface area contributed by atoms with Gasteiger partial charge in [0.1, 0.15) is 5.82 Å². The van der Waals surface area contributed by atoms with E-state index in [4.69, 9.17) is 0 Å². The minimum absolute atomic E-state index is 0.153. The van der Waals surface area contributed by atoms with E-state index in [9.17, 15) is 4.39 Å². The number of halogens is 1. The van der Waals surface area contributed by atoms with Crippen LogP contribution in [0.2, 0.25) is 0 Å². The molecule has 1 aromatic rings. The quantitative estimate of drug-likeness (QED) is 0.651. The molecule has 0 saturated carbocycles. The molecule has 0 bridgehead atoms. The van der Waals surface area contributed by atoms with Gasteiger partial charge in [-0.25, -0.2) is 4.39 Å². The van der Waals surface area contributed by atoms with Crippen molar-refractivity contribution in [1.29, 1.82) is 0 Å². The highest BCUT2D eigenvalue weighted by atomic mass is 32.2. The van der Waals surface area contributed by atoms with Crippen molar-refractivity contribution >= 4 is 11.8 Å². The highest BCUT2D eigenvalue weighted by Gasteiger charge is 2.04. The van der Waals surface area contributed by atoms with E-state index in [2.05, 4.69) is 13.8 Å². The van der Waals surface area contributed by atoms with Gasteiger partial charge in [0.15, 0.2) is 0 Å². The van der Waals surface area contributed by atoms with Gasteiger partial charge in [-0.3, -0.25) is 0 Å². The Hall–Kier alpha value is -0.500. The van der Waals surface area contributed by atoms with Gasteiger partial charge in [-0.2, -0.15) is 11.8 Å². The molecule has 0 N–H and O–H groups in total. The fourth-order valence-electron chi connectivity index (χ4n) is 1.23. The lowest BCUT2D eigenvalue weighted by molar-refractivity contribution is 0.627. The van der Waals surface area contributed by atoms with Crippen molar-refractivity contribution in [3.05, 3.63) is 35.6 Å². The molecule has 0 fully saturated rings. The van der Waals surface area contributed by atoms with Gasteiger partial charge < -0.3 is 0 Å². The molecule has 0 aromatic heterocycles. The van der Waals surface area contributed by atoms with E-state index in [1.807, 2.05) is 23.9 Å². The summed E-state index contributed by atoms with van der Waals surface area (Å²) in [4.78, 5) is 0. The largest absolute Gasteiger partial charge is 0.207 e. The molecule has 0 radical (unpaired) electrons. The molecular formula is C12H17FS. The van der Waals surface area contributed by atoms with Crippen LogP contribution in [0.4, 0.5) is 4.39 Å². The monoisotopic (exact) mass is 212 g/mol. The third kappa shape index (κ3) is 3.70. The lowest BCUT2D eigenvalue weighted by atomic mass is 10.2. The van der Waals surface area contributed by atoms with Crippen LogP contribution in [0.15, 0.2) is 24.3 Å². The highest BCUT2D eigenvalue weighted by Crippen LogP contribution is 2.28. The number of benzene rings is 1. The van der Waals surface area contributed by atoms with Gasteiger partial charge in [-0.05, 0) is 36.8 Å². The van der Waals surface area contributed by atoms with Crippen molar-refractivity contribution in [3.63, 3.8) is 0 Å². The Morgan fingerprint density at radius 3 is 2.50 bits per heavy atom. The molecule has 2 heteroatoms. The molecule has 1 aromatic carbocycles. The summed E-state index contributed by atoms with van der Waals surface area (Å²) in [5, 5.41) is 0.474. The first-order chi connectivity index (χ1) is 6.74. The molecule has 1 atom stereocenters. The number of thioether (sulfide) groups is 1. The van der Waals surface area contributed by atoms with Crippen LogP contribution in [-0.2, 0) is 0 Å². The topological polar surface area (TPSA) is 0 Å². The van der Waals surface area contributed by atoms with Crippen molar-refractivity contribution in [2.24, 2.45) is 0 Å². The lowest BCUT2D eigenvalue weighted by Gasteiger charge is -2.10. The van der Waals surface area contributed by atoms with Crippen LogP contribution >= 0.6 is 11.8 Å². The van der Waals surface area contributed by atoms with Crippen LogP contribution in [0.3, 0.4) is 0 Å². The van der Waals surface area contributed by atoms with Crippen LogP contribution in [0.5, 0.6) is 0 Å². The standard InChI is InChI=1S/C12H17FS/c1-3-4-9-14-10(2)11-5-7-12(13)8-6-11/h5-8,10H,3-4,9H2,1-2H3. The summed E-state index contributed by atoms with van der Waals surface area (Å²) < 4.78 is 12.6. The van der Waals surface area contributed by atoms with Crippen molar-refractivity contribution in [2.75, 3.05) is 5.75 Å². The van der Waals surface area contributed by atoms with Gasteiger partial charge in [0, 0.05) is 5.25 Å². The molecule has 14 heavy (non-hydrogen) atoms. The maximum atomic E-state index is 12.6. The summed E-state index contributed by atoms with van der Waals surface area (Å²) in [7, 11) is 0. The SMILES string of the molecule is CCCCSC(C)c1ccc(F)cc1. The maximum Gasteiger partial charge on any atom is 0.123 e. The van der Waals surface area contributed by atoms with Crippen molar-refractivity contribution in [1.82, 2.24) is 0 Å². The molecule has 0 heterocycles. The molecular weight excluding hydrogens is 195 g/mol. The van der Waals surface area contributed by atoms with Crippen LogP contribution < -0.4 is 0 Å². The van der Waals surface area contributed by atoms with Crippen LogP contribution in [0.1, 0.15) is 37.5 Å². The Morgan fingerprint density at radius 2 is 1.93 bits per heavy atom. The second-order valence-corrected chi connectivity index (χ2v) is 4.87. The first kappa shape index (κ1) is 11.6. The minimum atomic E-state index is -0.153. The Labute approximate surface area is 89.9 Å². The van der Waals surface area contributed by atoms with E-state index in [0.717, 1.165) is 0 Å². The van der Waals surface area contributed by atoms with Gasteiger partial charge in [-0.15, -0.1) is 0 Å². The smallest absolute Gasteiger partial charge is 0.123 e. The molecule has 1 rings (SSSR count). The second kappa shape index (κ2) is 6.07. The Bertz CT molecular complexity index is 256. The minimum Gasteiger partial charge on any atom is -0.207 e. The average Bonchev–Trinajstić information content (AvgIpc) is 2.19. The molecule has 0 saturated heterocycles. The van der Waals surface area contributed by atoms with Crippen molar-refractivity contribution < 1.29 is 4.39 Å². The predicted octanol–water partition coefficient (Wildman–Crippen LogP) is 4.42. The molecule has 0 aliphatic heterocycles. The number of hydrogen-bond acceptors (Lipinski definition) is 1. The Morgan fingerprint density at radius 1 is 1.29 bits per heavy atom. The van der Waals surface area contributed by atoms with Gasteiger partial charge in [0.2, 0.25) is 0 Å². The van der Waals surface area contributed by atoms with Gasteiger partial charge in [0.05, 0.1) is 0 Å². The summed E-state index contributed by atoms with van der Waals surface area (Å²) >= 11 is 1.94. The second-order valence-electron chi connectivity index (χ2n) is 3.42. The van der Waals surface area contributed by atoms with E-state index in [1.54, 1.807) is 0 Å². The highest BCUT2D eigenvalue weighted by molar-refractivity contribution is 7.99. The average molecular weight is 212 g/mol. The van der Waals surface area contributed by atoms with Gasteiger partial charge in [0.25, 0.3) is 0 Å². The lowest BCUT2D eigenvalue weighted by Crippen LogP contribution is -1.90. The number of hydrogen-bond donors (Lipinski definition) is 0. The van der Waals surface area contributed by atoms with Gasteiger partial charge >= 0.3 is 0 Å². The third-order valence-corrected chi connectivity index (χ3v) is 3.50. The molecule has 78 valence electrons. The Balaban J connectivity index is 2.43. The zero-order valence-electron chi connectivity index (χ0n) is 8.79. The molecule has 0 amide bonds. The van der Waals surface area contributed by atoms with Crippen LogP contribution in [0.25, 0.3) is 0 Å². The normalized spacial score (nSPS) is 12.8. The zero-order chi connectivity index (χ0) is 10.4. The maximum absolute atomic E-state index is 12.6. The Kier molecular flexibility index (Phi) is 5.02. The summed E-state index contributed by atoms with van der Waals surface area (Å²) in [6, 6.07) is 6.82. The zero-order valence-corrected chi connectivity index (χ0v) is 9.61. The molecule has 0 aliphatic carbocycles. The first-order valence-corrected chi connectivity index (χ1v) is 6.16. The first-order valence-electron chi connectivity index (χ1n) is 5.11. The summed E-state index contributed by atoms with van der Waals surface area (Å²) in [5.41, 5.74) is 1.22. The van der Waals surface area contributed by atoms with Crippen molar-refractivity contribution in [3.8, 4) is 0 Å². The fourth-order valence-corrected chi connectivity index (χ4v) is 2.39. The summed E-state index contributed by atoms with van der Waals surface area (Å²) in [5.74, 6) is 1.04. The van der Waals surface area contributed by atoms with E-state index < -0.39 is 0 Å². The molecule has 0 spiro atoms. The van der Waals surface area contributed by atoms with Gasteiger partial charge in [-0.1, -0.05) is 25.5 Å². The third-order valence-electron chi connectivity index (χ3n) is 2.21. The van der Waals surface area contributed by atoms with Crippen LogP contribution in [-0.4, -0.2) is 5.75 Å². The fraction of sp³-hybridized carbons (Fsp3) is 0.500. The van der Waals surface area contributed by atoms with Crippen LogP contribution in [0, 0.1) is 5.82 Å². The molecule has 0 nitrogen and oxygen atoms in total.